The van der Waals surface area contributed by atoms with E-state index in [0.29, 0.717) is 6.42 Å². The van der Waals surface area contributed by atoms with Gasteiger partial charge in [0.2, 0.25) is 0 Å². The van der Waals surface area contributed by atoms with Crippen LogP contribution in [-0.4, -0.2) is 28.6 Å². The van der Waals surface area contributed by atoms with Crippen LogP contribution in [-0.2, 0) is 14.3 Å². The molecule has 0 amide bonds. The van der Waals surface area contributed by atoms with Crippen LogP contribution in [0.15, 0.2) is 0 Å². The summed E-state index contributed by atoms with van der Waals surface area (Å²) in [4.78, 5) is 10.3. The Labute approximate surface area is 96.9 Å². The highest BCUT2D eigenvalue weighted by atomic mass is 16.7. The topological polar surface area (TPSA) is 55.8 Å². The molecule has 1 aliphatic rings. The van der Waals surface area contributed by atoms with Gasteiger partial charge in [0.15, 0.2) is 6.29 Å². The van der Waals surface area contributed by atoms with Crippen LogP contribution in [0.5, 0.6) is 0 Å². The summed E-state index contributed by atoms with van der Waals surface area (Å²) in [7, 11) is 0. The smallest absolute Gasteiger partial charge is 0.303 e. The van der Waals surface area contributed by atoms with Crippen molar-refractivity contribution in [1.82, 2.24) is 0 Å². The number of hydrogen-bond acceptors (Lipinski definition) is 3. The number of ether oxygens (including phenoxy) is 2. The third kappa shape index (κ3) is 3.19. The molecule has 1 aliphatic heterocycles. The molecule has 1 N–H and O–H groups in total. The zero-order valence-corrected chi connectivity index (χ0v) is 10.6. The van der Waals surface area contributed by atoms with Crippen molar-refractivity contribution < 1.29 is 19.4 Å². The molecule has 0 aromatic heterocycles. The third-order valence-electron chi connectivity index (χ3n) is 3.38. The number of carbonyl (C=O) groups is 1. The Bertz CT molecular complexity index is 242. The third-order valence-corrected chi connectivity index (χ3v) is 3.38. The minimum Gasteiger partial charge on any atom is -0.481 e. The summed E-state index contributed by atoms with van der Waals surface area (Å²) in [6, 6.07) is 0. The zero-order valence-electron chi connectivity index (χ0n) is 10.6. The molecule has 0 aromatic carbocycles. The average molecular weight is 230 g/mol. The van der Waals surface area contributed by atoms with Crippen molar-refractivity contribution in [3.05, 3.63) is 0 Å². The number of unbranched alkanes of at least 4 members (excludes halogenated alkanes) is 1. The Morgan fingerprint density at radius 3 is 2.06 bits per heavy atom. The lowest BCUT2D eigenvalue weighted by Gasteiger charge is -2.30. The highest BCUT2D eigenvalue weighted by Gasteiger charge is 2.48. The second kappa shape index (κ2) is 4.72. The van der Waals surface area contributed by atoms with E-state index in [2.05, 4.69) is 0 Å². The normalized spacial score (nSPS) is 23.5. The molecule has 0 aliphatic carbocycles. The predicted octanol–water partition coefficient (Wildman–Crippen LogP) is 2.56. The van der Waals surface area contributed by atoms with E-state index in [1.54, 1.807) is 0 Å². The van der Waals surface area contributed by atoms with Gasteiger partial charge in [0.1, 0.15) is 0 Å². The quantitative estimate of drug-likeness (QED) is 0.737. The molecular weight excluding hydrogens is 208 g/mol. The molecule has 0 unspecified atom stereocenters. The molecule has 1 fully saturated rings. The summed E-state index contributed by atoms with van der Waals surface area (Å²) >= 11 is 0. The standard InChI is InChI=1S/C12H22O4/c1-11(2)12(3,4)16-10(15-11)8-6-5-7-9(13)14/h10H,5-8H2,1-4H3,(H,13,14). The number of carboxylic acids is 1. The van der Waals surface area contributed by atoms with Gasteiger partial charge in [-0.25, -0.2) is 0 Å². The van der Waals surface area contributed by atoms with Gasteiger partial charge < -0.3 is 14.6 Å². The lowest BCUT2D eigenvalue weighted by molar-refractivity contribution is -0.137. The molecule has 94 valence electrons. The molecule has 0 aromatic rings. The Balaban J connectivity index is 2.29. The van der Waals surface area contributed by atoms with Gasteiger partial charge in [-0.2, -0.15) is 0 Å². The first-order chi connectivity index (χ1) is 7.24. The first-order valence-electron chi connectivity index (χ1n) is 5.82. The van der Waals surface area contributed by atoms with Crippen LogP contribution < -0.4 is 0 Å². The maximum absolute atomic E-state index is 10.3. The summed E-state index contributed by atoms with van der Waals surface area (Å²) in [6.07, 6.45) is 2.29. The maximum Gasteiger partial charge on any atom is 0.303 e. The van der Waals surface area contributed by atoms with E-state index in [9.17, 15) is 4.79 Å². The monoisotopic (exact) mass is 230 g/mol. The van der Waals surface area contributed by atoms with Crippen LogP contribution in [0.25, 0.3) is 0 Å². The Kier molecular flexibility index (Phi) is 3.97. The number of rotatable bonds is 5. The van der Waals surface area contributed by atoms with Crippen molar-refractivity contribution in [2.45, 2.75) is 70.9 Å². The van der Waals surface area contributed by atoms with Crippen LogP contribution in [0.1, 0.15) is 53.4 Å². The van der Waals surface area contributed by atoms with Crippen LogP contribution in [0.4, 0.5) is 0 Å². The fraction of sp³-hybridized carbons (Fsp3) is 0.917. The highest BCUT2D eigenvalue weighted by Crippen LogP contribution is 2.39. The Morgan fingerprint density at radius 1 is 1.12 bits per heavy atom. The highest BCUT2D eigenvalue weighted by molar-refractivity contribution is 5.66. The van der Waals surface area contributed by atoms with Crippen LogP contribution >= 0.6 is 0 Å². The molecule has 1 rings (SSSR count). The van der Waals surface area contributed by atoms with Gasteiger partial charge in [0.05, 0.1) is 11.2 Å². The fourth-order valence-corrected chi connectivity index (χ4v) is 1.67. The molecule has 16 heavy (non-hydrogen) atoms. The second-order valence-corrected chi connectivity index (χ2v) is 5.33. The van der Waals surface area contributed by atoms with Gasteiger partial charge in [-0.05, 0) is 47.0 Å². The Hall–Kier alpha value is -0.610. The maximum atomic E-state index is 10.3. The van der Waals surface area contributed by atoms with Gasteiger partial charge in [-0.3, -0.25) is 4.79 Å². The number of carboxylic acid groups (broad SMARTS) is 1. The minimum absolute atomic E-state index is 0.196. The van der Waals surface area contributed by atoms with Crippen molar-refractivity contribution in [2.24, 2.45) is 0 Å². The fourth-order valence-electron chi connectivity index (χ4n) is 1.67. The summed E-state index contributed by atoms with van der Waals surface area (Å²) < 4.78 is 11.6. The number of hydrogen-bond donors (Lipinski definition) is 1. The number of aliphatic carboxylic acids is 1. The molecule has 0 saturated carbocycles. The Morgan fingerprint density at radius 2 is 1.62 bits per heavy atom. The molecule has 1 heterocycles. The molecule has 0 radical (unpaired) electrons. The van der Waals surface area contributed by atoms with Crippen molar-refractivity contribution in [1.29, 1.82) is 0 Å². The van der Waals surface area contributed by atoms with E-state index in [0.717, 1.165) is 12.8 Å². The van der Waals surface area contributed by atoms with Gasteiger partial charge >= 0.3 is 5.97 Å². The average Bonchev–Trinajstić information content (AvgIpc) is 2.29. The SMILES string of the molecule is CC1(C)OC(CCCCC(=O)O)OC1(C)C. The lowest BCUT2D eigenvalue weighted by atomic mass is 9.90. The van der Waals surface area contributed by atoms with Crippen LogP contribution in [0.3, 0.4) is 0 Å². The summed E-state index contributed by atoms with van der Waals surface area (Å²) in [5.41, 5.74) is -0.574. The van der Waals surface area contributed by atoms with Crippen LogP contribution in [0.2, 0.25) is 0 Å². The summed E-state index contributed by atoms with van der Waals surface area (Å²) in [5.74, 6) is -0.742. The van der Waals surface area contributed by atoms with Gasteiger partial charge in [-0.1, -0.05) is 0 Å². The van der Waals surface area contributed by atoms with E-state index < -0.39 is 5.97 Å². The second-order valence-electron chi connectivity index (χ2n) is 5.33. The van der Waals surface area contributed by atoms with Crippen molar-refractivity contribution in [2.75, 3.05) is 0 Å². The first kappa shape index (κ1) is 13.5. The molecule has 0 spiro atoms. The van der Waals surface area contributed by atoms with E-state index in [1.807, 2.05) is 27.7 Å². The van der Waals surface area contributed by atoms with E-state index in [1.165, 1.54) is 0 Å². The molecule has 0 atom stereocenters. The first-order valence-corrected chi connectivity index (χ1v) is 5.82. The van der Waals surface area contributed by atoms with Gasteiger partial charge in [0.25, 0.3) is 0 Å². The molecule has 4 nitrogen and oxygen atoms in total. The van der Waals surface area contributed by atoms with Crippen LogP contribution in [0, 0.1) is 0 Å². The van der Waals surface area contributed by atoms with E-state index in [4.69, 9.17) is 14.6 Å². The van der Waals surface area contributed by atoms with Gasteiger partial charge in [0, 0.05) is 6.42 Å². The summed E-state index contributed by atoms with van der Waals surface area (Å²) in [6.45, 7) is 8.07. The van der Waals surface area contributed by atoms with E-state index >= 15 is 0 Å². The predicted molar refractivity (Wildman–Crippen MR) is 60.2 cm³/mol. The molecule has 0 bridgehead atoms. The summed E-state index contributed by atoms with van der Waals surface area (Å²) in [5, 5.41) is 8.51. The van der Waals surface area contributed by atoms with Crippen molar-refractivity contribution in [3.63, 3.8) is 0 Å². The zero-order chi connectivity index (χ0) is 12.4. The molecule has 4 heteroatoms. The largest absolute Gasteiger partial charge is 0.481 e. The van der Waals surface area contributed by atoms with E-state index in [-0.39, 0.29) is 23.9 Å². The molecular formula is C12H22O4. The molecule has 1 saturated heterocycles. The van der Waals surface area contributed by atoms with Gasteiger partial charge in [-0.15, -0.1) is 0 Å². The van der Waals surface area contributed by atoms with Crippen molar-refractivity contribution in [3.8, 4) is 0 Å². The lowest BCUT2D eigenvalue weighted by Crippen LogP contribution is -2.41. The minimum atomic E-state index is -0.742. The van der Waals surface area contributed by atoms with Crippen molar-refractivity contribution >= 4 is 5.97 Å².